The van der Waals surface area contributed by atoms with Crippen molar-refractivity contribution < 1.29 is 9.53 Å². The number of piperidine rings is 1. The normalized spacial score (nSPS) is 28.6. The number of nitrogens with one attached hydrogen (secondary N) is 1. The molecule has 0 bridgehead atoms. The zero-order chi connectivity index (χ0) is 19.7. The topological polar surface area (TPSA) is 44.8 Å². The highest BCUT2D eigenvalue weighted by atomic mass is 16.5. The van der Waals surface area contributed by atoms with Crippen LogP contribution in [0, 0.1) is 17.3 Å². The minimum atomic E-state index is 0.150. The standard InChI is InChI=1S/C23H35N3O2/c1-17(2)14-28-21-6-4-18(5-7-21)12-19-13-23(19)15-24-22(27)26(16-23)20-8-10-25(3)11-9-20/h4-7,17,19-20H,8-16H2,1-3H3,(H,24,27). The van der Waals surface area contributed by atoms with Gasteiger partial charge in [0.15, 0.2) is 0 Å². The Morgan fingerprint density at radius 1 is 1.21 bits per heavy atom. The summed E-state index contributed by atoms with van der Waals surface area (Å²) in [6.07, 6.45) is 4.52. The van der Waals surface area contributed by atoms with Gasteiger partial charge in [-0.25, -0.2) is 4.79 Å². The molecule has 2 atom stereocenters. The Balaban J connectivity index is 1.33. The monoisotopic (exact) mass is 385 g/mol. The van der Waals surface area contributed by atoms with Crippen molar-refractivity contribution in [2.24, 2.45) is 17.3 Å². The number of hydrogen-bond donors (Lipinski definition) is 1. The number of carbonyl (C=O) groups is 1. The molecular formula is C23H35N3O2. The number of urea groups is 1. The first kappa shape index (κ1) is 19.6. The number of nitrogens with zero attached hydrogens (tertiary/aromatic N) is 2. The summed E-state index contributed by atoms with van der Waals surface area (Å²) in [4.78, 5) is 17.0. The fourth-order valence-electron chi connectivity index (χ4n) is 4.82. The summed E-state index contributed by atoms with van der Waals surface area (Å²) in [6, 6.07) is 9.17. The fourth-order valence-corrected chi connectivity index (χ4v) is 4.82. The highest BCUT2D eigenvalue weighted by Gasteiger charge is 2.57. The van der Waals surface area contributed by atoms with E-state index in [1.807, 2.05) is 0 Å². The zero-order valence-electron chi connectivity index (χ0n) is 17.6. The molecule has 5 nitrogen and oxygen atoms in total. The van der Waals surface area contributed by atoms with Crippen LogP contribution in [0.4, 0.5) is 4.79 Å². The van der Waals surface area contributed by atoms with E-state index in [1.165, 1.54) is 12.0 Å². The molecule has 2 heterocycles. The minimum Gasteiger partial charge on any atom is -0.493 e. The van der Waals surface area contributed by atoms with Gasteiger partial charge in [-0.05, 0) is 75.4 Å². The van der Waals surface area contributed by atoms with Crippen LogP contribution in [0.15, 0.2) is 24.3 Å². The van der Waals surface area contributed by atoms with Gasteiger partial charge in [0, 0.05) is 24.5 Å². The van der Waals surface area contributed by atoms with E-state index >= 15 is 0 Å². The second-order valence-corrected chi connectivity index (χ2v) is 9.64. The highest BCUT2D eigenvalue weighted by molar-refractivity contribution is 5.76. The average molecular weight is 386 g/mol. The van der Waals surface area contributed by atoms with Gasteiger partial charge in [-0.1, -0.05) is 26.0 Å². The van der Waals surface area contributed by atoms with Crippen LogP contribution in [0.3, 0.4) is 0 Å². The Kier molecular flexibility index (Phi) is 5.55. The van der Waals surface area contributed by atoms with Crippen molar-refractivity contribution in [3.63, 3.8) is 0 Å². The zero-order valence-corrected chi connectivity index (χ0v) is 17.6. The summed E-state index contributed by atoms with van der Waals surface area (Å²) in [5.41, 5.74) is 1.66. The molecule has 4 rings (SSSR count). The van der Waals surface area contributed by atoms with Gasteiger partial charge in [-0.2, -0.15) is 0 Å². The molecule has 0 radical (unpaired) electrons. The minimum absolute atomic E-state index is 0.150. The maximum atomic E-state index is 12.5. The number of ether oxygens (including phenoxy) is 1. The van der Waals surface area contributed by atoms with Gasteiger partial charge in [0.1, 0.15) is 5.75 Å². The summed E-state index contributed by atoms with van der Waals surface area (Å²) in [5.74, 6) is 2.17. The predicted molar refractivity (Wildman–Crippen MR) is 112 cm³/mol. The van der Waals surface area contributed by atoms with E-state index in [0.717, 1.165) is 57.8 Å². The predicted octanol–water partition coefficient (Wildman–Crippen LogP) is 3.39. The lowest BCUT2D eigenvalue weighted by atomic mass is 9.94. The van der Waals surface area contributed by atoms with Crippen LogP contribution in [-0.2, 0) is 6.42 Å². The molecule has 28 heavy (non-hydrogen) atoms. The molecule has 2 saturated heterocycles. The molecule has 154 valence electrons. The second-order valence-electron chi connectivity index (χ2n) is 9.64. The highest BCUT2D eigenvalue weighted by Crippen LogP contribution is 2.55. The summed E-state index contributed by atoms with van der Waals surface area (Å²) in [5, 5.41) is 3.20. The number of likely N-dealkylation sites (tertiary alicyclic amines) is 1. The van der Waals surface area contributed by atoms with Crippen LogP contribution in [0.5, 0.6) is 5.75 Å². The van der Waals surface area contributed by atoms with E-state index in [1.54, 1.807) is 0 Å². The molecule has 2 unspecified atom stereocenters. The van der Waals surface area contributed by atoms with Gasteiger partial charge in [-0.3, -0.25) is 0 Å². The van der Waals surface area contributed by atoms with Gasteiger partial charge in [0.05, 0.1) is 6.61 Å². The van der Waals surface area contributed by atoms with Crippen molar-refractivity contribution in [2.75, 3.05) is 39.8 Å². The van der Waals surface area contributed by atoms with E-state index in [0.29, 0.717) is 17.9 Å². The van der Waals surface area contributed by atoms with Gasteiger partial charge in [-0.15, -0.1) is 0 Å². The first-order valence-electron chi connectivity index (χ1n) is 10.9. The lowest BCUT2D eigenvalue weighted by Crippen LogP contribution is -2.58. The Morgan fingerprint density at radius 2 is 1.93 bits per heavy atom. The number of amides is 2. The van der Waals surface area contributed by atoms with Crippen LogP contribution < -0.4 is 10.1 Å². The van der Waals surface area contributed by atoms with Crippen molar-refractivity contribution in [1.29, 1.82) is 0 Å². The molecule has 3 aliphatic rings. The van der Waals surface area contributed by atoms with Crippen molar-refractivity contribution in [3.05, 3.63) is 29.8 Å². The SMILES string of the molecule is CC(C)COc1ccc(CC2CC23CNC(=O)N(C2CCN(C)CC2)C3)cc1. The van der Waals surface area contributed by atoms with Crippen molar-refractivity contribution in [2.45, 2.75) is 45.6 Å². The molecule has 1 aliphatic carbocycles. The Hall–Kier alpha value is -1.75. The Labute approximate surface area is 169 Å². The quantitative estimate of drug-likeness (QED) is 0.816. The Morgan fingerprint density at radius 3 is 2.61 bits per heavy atom. The van der Waals surface area contributed by atoms with Gasteiger partial charge >= 0.3 is 6.03 Å². The molecule has 1 N–H and O–H groups in total. The number of carbonyl (C=O) groups excluding carboxylic acids is 1. The number of hydrogen-bond acceptors (Lipinski definition) is 3. The van der Waals surface area contributed by atoms with Crippen molar-refractivity contribution in [3.8, 4) is 5.75 Å². The molecular weight excluding hydrogens is 350 g/mol. The molecule has 1 aromatic rings. The molecule has 2 amide bonds. The average Bonchev–Trinajstić information content (AvgIpc) is 3.35. The second kappa shape index (κ2) is 7.94. The maximum absolute atomic E-state index is 12.5. The van der Waals surface area contributed by atoms with E-state index in [-0.39, 0.29) is 11.4 Å². The largest absolute Gasteiger partial charge is 0.493 e. The maximum Gasteiger partial charge on any atom is 0.317 e. The molecule has 5 heteroatoms. The molecule has 2 aliphatic heterocycles. The van der Waals surface area contributed by atoms with Crippen molar-refractivity contribution in [1.82, 2.24) is 15.1 Å². The van der Waals surface area contributed by atoms with E-state index in [2.05, 4.69) is 60.3 Å². The van der Waals surface area contributed by atoms with Crippen molar-refractivity contribution >= 4 is 6.03 Å². The first-order valence-corrected chi connectivity index (χ1v) is 10.9. The van der Waals surface area contributed by atoms with Gasteiger partial charge in [0.2, 0.25) is 0 Å². The molecule has 1 spiro atoms. The third-order valence-corrected chi connectivity index (χ3v) is 6.81. The molecule has 0 aromatic heterocycles. The fraction of sp³-hybridized carbons (Fsp3) is 0.696. The summed E-state index contributed by atoms with van der Waals surface area (Å²) >= 11 is 0. The third kappa shape index (κ3) is 4.29. The van der Waals surface area contributed by atoms with Crippen LogP contribution in [0.2, 0.25) is 0 Å². The van der Waals surface area contributed by atoms with E-state index < -0.39 is 0 Å². The first-order chi connectivity index (χ1) is 13.4. The molecule has 3 fully saturated rings. The molecule has 1 aromatic carbocycles. The number of rotatable bonds is 6. The van der Waals surface area contributed by atoms with Gasteiger partial charge in [0.25, 0.3) is 0 Å². The van der Waals surface area contributed by atoms with Crippen LogP contribution in [-0.4, -0.2) is 61.7 Å². The number of benzene rings is 1. The van der Waals surface area contributed by atoms with Crippen LogP contribution in [0.1, 0.15) is 38.7 Å². The van der Waals surface area contributed by atoms with E-state index in [9.17, 15) is 4.79 Å². The summed E-state index contributed by atoms with van der Waals surface area (Å²) < 4.78 is 5.80. The van der Waals surface area contributed by atoms with E-state index in [4.69, 9.17) is 4.74 Å². The van der Waals surface area contributed by atoms with Crippen LogP contribution >= 0.6 is 0 Å². The van der Waals surface area contributed by atoms with Gasteiger partial charge < -0.3 is 19.9 Å². The lowest BCUT2D eigenvalue weighted by molar-refractivity contribution is 0.0958. The summed E-state index contributed by atoms with van der Waals surface area (Å²) in [6.45, 7) is 9.06. The molecule has 1 saturated carbocycles. The van der Waals surface area contributed by atoms with Crippen LogP contribution in [0.25, 0.3) is 0 Å². The summed E-state index contributed by atoms with van der Waals surface area (Å²) in [7, 11) is 2.17. The third-order valence-electron chi connectivity index (χ3n) is 6.81. The smallest absolute Gasteiger partial charge is 0.317 e. The lowest BCUT2D eigenvalue weighted by Gasteiger charge is -2.42. The Bertz CT molecular complexity index is 682.